The number of amides is 1. The SMILES string of the molecule is CC#CNC(=O)CCCCCCCCCCCCCCCCC. The van der Waals surface area contributed by atoms with E-state index in [1.807, 2.05) is 0 Å². The highest BCUT2D eigenvalue weighted by atomic mass is 16.1. The third-order valence-electron chi connectivity index (χ3n) is 4.33. The number of hydrogen-bond donors (Lipinski definition) is 1. The summed E-state index contributed by atoms with van der Waals surface area (Å²) in [6.07, 6.45) is 20.9. The van der Waals surface area contributed by atoms with Crippen molar-refractivity contribution in [2.45, 2.75) is 117 Å². The van der Waals surface area contributed by atoms with E-state index in [0.29, 0.717) is 6.42 Å². The second-order valence-electron chi connectivity index (χ2n) is 6.62. The summed E-state index contributed by atoms with van der Waals surface area (Å²) >= 11 is 0. The molecule has 0 unspecified atom stereocenters. The van der Waals surface area contributed by atoms with Crippen molar-refractivity contribution in [1.29, 1.82) is 0 Å². The third-order valence-corrected chi connectivity index (χ3v) is 4.33. The first kappa shape index (κ1) is 22.0. The lowest BCUT2D eigenvalue weighted by molar-refractivity contribution is -0.120. The number of hydrogen-bond acceptors (Lipinski definition) is 1. The maximum absolute atomic E-state index is 11.3. The third kappa shape index (κ3) is 19.0. The van der Waals surface area contributed by atoms with E-state index < -0.39 is 0 Å². The Morgan fingerprint density at radius 3 is 1.48 bits per heavy atom. The average Bonchev–Trinajstić information content (AvgIpc) is 2.56. The van der Waals surface area contributed by atoms with E-state index >= 15 is 0 Å². The van der Waals surface area contributed by atoms with Gasteiger partial charge >= 0.3 is 0 Å². The van der Waals surface area contributed by atoms with Crippen molar-refractivity contribution >= 4 is 5.91 Å². The van der Waals surface area contributed by atoms with Crippen molar-refractivity contribution in [2.24, 2.45) is 0 Å². The summed E-state index contributed by atoms with van der Waals surface area (Å²) in [5.74, 6) is 2.73. The summed E-state index contributed by atoms with van der Waals surface area (Å²) in [5.41, 5.74) is 0. The molecule has 0 aromatic carbocycles. The Labute approximate surface area is 145 Å². The average molecular weight is 322 g/mol. The minimum absolute atomic E-state index is 0.0639. The van der Waals surface area contributed by atoms with Gasteiger partial charge in [-0.1, -0.05) is 103 Å². The van der Waals surface area contributed by atoms with Crippen LogP contribution in [0.1, 0.15) is 117 Å². The van der Waals surface area contributed by atoms with E-state index in [0.717, 1.165) is 6.42 Å². The summed E-state index contributed by atoms with van der Waals surface area (Å²) in [4.78, 5) is 11.3. The van der Waals surface area contributed by atoms with Gasteiger partial charge in [0.05, 0.1) is 0 Å². The fourth-order valence-electron chi connectivity index (χ4n) is 2.85. The molecule has 0 bridgehead atoms. The van der Waals surface area contributed by atoms with Crippen LogP contribution in [0.4, 0.5) is 0 Å². The Kier molecular flexibility index (Phi) is 18.3. The molecule has 0 aromatic heterocycles. The molecule has 0 saturated heterocycles. The lowest BCUT2D eigenvalue weighted by Gasteiger charge is -2.03. The standard InChI is InChI=1S/C21H39NO/c1-3-5-6-7-8-9-10-11-12-13-14-15-16-17-18-19-21(23)22-20-4-2/h3,5-19H2,1-2H3,(H,22,23). The quantitative estimate of drug-likeness (QED) is 0.200. The van der Waals surface area contributed by atoms with Gasteiger partial charge in [-0.15, -0.1) is 0 Å². The molecule has 1 N–H and O–H groups in total. The minimum atomic E-state index is 0.0639. The van der Waals surface area contributed by atoms with Gasteiger partial charge in [-0.3, -0.25) is 10.1 Å². The molecule has 134 valence electrons. The van der Waals surface area contributed by atoms with Crippen molar-refractivity contribution in [3.05, 3.63) is 0 Å². The van der Waals surface area contributed by atoms with Gasteiger partial charge < -0.3 is 0 Å². The van der Waals surface area contributed by atoms with Crippen LogP contribution in [-0.2, 0) is 4.79 Å². The maximum atomic E-state index is 11.3. The van der Waals surface area contributed by atoms with E-state index in [1.54, 1.807) is 6.92 Å². The summed E-state index contributed by atoms with van der Waals surface area (Å²) in [5, 5.41) is 2.58. The Morgan fingerprint density at radius 2 is 1.09 bits per heavy atom. The molecular formula is C21H39NO. The van der Waals surface area contributed by atoms with Crippen molar-refractivity contribution in [3.8, 4) is 12.0 Å². The van der Waals surface area contributed by atoms with Crippen LogP contribution in [0.3, 0.4) is 0 Å². The molecule has 0 aliphatic rings. The molecule has 2 heteroatoms. The predicted molar refractivity (Wildman–Crippen MR) is 101 cm³/mol. The van der Waals surface area contributed by atoms with Crippen molar-refractivity contribution in [3.63, 3.8) is 0 Å². The Hall–Kier alpha value is -0.970. The van der Waals surface area contributed by atoms with Gasteiger partial charge in [0.25, 0.3) is 0 Å². The van der Waals surface area contributed by atoms with Gasteiger partial charge in [0.1, 0.15) is 0 Å². The van der Waals surface area contributed by atoms with Crippen LogP contribution < -0.4 is 5.32 Å². The second-order valence-corrected chi connectivity index (χ2v) is 6.62. The normalized spacial score (nSPS) is 10.2. The lowest BCUT2D eigenvalue weighted by atomic mass is 10.0. The van der Waals surface area contributed by atoms with Crippen LogP contribution in [0.25, 0.3) is 0 Å². The molecule has 0 aliphatic heterocycles. The number of carbonyl (C=O) groups is 1. The van der Waals surface area contributed by atoms with Gasteiger partial charge in [-0.05, 0) is 13.3 Å². The number of rotatable bonds is 16. The minimum Gasteiger partial charge on any atom is -0.285 e. The van der Waals surface area contributed by atoms with E-state index in [1.165, 1.54) is 89.9 Å². The summed E-state index contributed by atoms with van der Waals surface area (Å²) in [6.45, 7) is 4.01. The first-order chi connectivity index (χ1) is 11.3. The highest BCUT2D eigenvalue weighted by molar-refractivity contribution is 5.77. The van der Waals surface area contributed by atoms with Gasteiger partial charge in [-0.2, -0.15) is 0 Å². The molecule has 0 aromatic rings. The Balaban J connectivity index is 3.07. The van der Waals surface area contributed by atoms with Crippen LogP contribution >= 0.6 is 0 Å². The number of carbonyl (C=O) groups excluding carboxylic acids is 1. The second kappa shape index (κ2) is 19.1. The van der Waals surface area contributed by atoms with Crippen LogP contribution in [-0.4, -0.2) is 5.91 Å². The molecule has 0 radical (unpaired) electrons. The van der Waals surface area contributed by atoms with Crippen LogP contribution in [0.15, 0.2) is 0 Å². The monoisotopic (exact) mass is 321 g/mol. The highest BCUT2D eigenvalue weighted by Crippen LogP contribution is 2.13. The fourth-order valence-corrected chi connectivity index (χ4v) is 2.85. The van der Waals surface area contributed by atoms with E-state index in [9.17, 15) is 4.79 Å². The molecule has 0 spiro atoms. The Morgan fingerprint density at radius 1 is 0.696 bits per heavy atom. The number of nitrogens with one attached hydrogen (secondary N) is 1. The zero-order chi connectivity index (χ0) is 17.0. The van der Waals surface area contributed by atoms with Crippen molar-refractivity contribution < 1.29 is 4.79 Å². The maximum Gasteiger partial charge on any atom is 0.231 e. The molecule has 0 rings (SSSR count). The summed E-state index contributed by atoms with van der Waals surface area (Å²) in [7, 11) is 0. The van der Waals surface area contributed by atoms with Crippen molar-refractivity contribution in [1.82, 2.24) is 5.32 Å². The zero-order valence-electron chi connectivity index (χ0n) is 15.7. The summed E-state index contributed by atoms with van der Waals surface area (Å²) < 4.78 is 0. The predicted octanol–water partition coefficient (Wildman–Crippen LogP) is 6.34. The zero-order valence-corrected chi connectivity index (χ0v) is 15.7. The molecule has 0 heterocycles. The molecular weight excluding hydrogens is 282 g/mol. The first-order valence-corrected chi connectivity index (χ1v) is 10.0. The van der Waals surface area contributed by atoms with Gasteiger partial charge in [0.2, 0.25) is 5.91 Å². The van der Waals surface area contributed by atoms with Gasteiger partial charge in [-0.25, -0.2) is 0 Å². The van der Waals surface area contributed by atoms with Gasteiger partial charge in [0.15, 0.2) is 0 Å². The lowest BCUT2D eigenvalue weighted by Crippen LogP contribution is -2.16. The number of unbranched alkanes of at least 4 members (excludes halogenated alkanes) is 14. The van der Waals surface area contributed by atoms with Crippen LogP contribution in [0.5, 0.6) is 0 Å². The smallest absolute Gasteiger partial charge is 0.231 e. The molecule has 0 atom stereocenters. The van der Waals surface area contributed by atoms with E-state index in [-0.39, 0.29) is 5.91 Å². The highest BCUT2D eigenvalue weighted by Gasteiger charge is 1.98. The molecule has 2 nitrogen and oxygen atoms in total. The summed E-state index contributed by atoms with van der Waals surface area (Å²) in [6, 6.07) is 2.60. The van der Waals surface area contributed by atoms with E-state index in [2.05, 4.69) is 24.2 Å². The van der Waals surface area contributed by atoms with Crippen LogP contribution in [0, 0.1) is 12.0 Å². The molecule has 0 fully saturated rings. The molecule has 23 heavy (non-hydrogen) atoms. The molecule has 0 aliphatic carbocycles. The fraction of sp³-hybridized carbons (Fsp3) is 0.857. The topological polar surface area (TPSA) is 29.1 Å². The Bertz CT molecular complexity index is 314. The van der Waals surface area contributed by atoms with Crippen LogP contribution in [0.2, 0.25) is 0 Å². The first-order valence-electron chi connectivity index (χ1n) is 10.0. The molecule has 0 saturated carbocycles. The largest absolute Gasteiger partial charge is 0.285 e. The molecule has 1 amide bonds. The van der Waals surface area contributed by atoms with Gasteiger partial charge in [0, 0.05) is 12.5 Å². The van der Waals surface area contributed by atoms with Crippen molar-refractivity contribution in [2.75, 3.05) is 0 Å². The van der Waals surface area contributed by atoms with E-state index in [4.69, 9.17) is 0 Å².